The molecule has 0 saturated carbocycles. The third kappa shape index (κ3) is 2.59. The Morgan fingerprint density at radius 1 is 1.35 bits per heavy atom. The second-order valence-electron chi connectivity index (χ2n) is 4.29. The molecule has 1 atom stereocenters. The van der Waals surface area contributed by atoms with Gasteiger partial charge in [-0.3, -0.25) is 4.68 Å². The van der Waals surface area contributed by atoms with E-state index in [2.05, 4.69) is 5.10 Å². The number of nitrogens with two attached hydrogens (primary N) is 1. The van der Waals surface area contributed by atoms with Crippen molar-refractivity contribution < 1.29 is 9.47 Å². The van der Waals surface area contributed by atoms with E-state index in [4.69, 9.17) is 26.8 Å². The summed E-state index contributed by atoms with van der Waals surface area (Å²) in [5, 5.41) is 4.70. The van der Waals surface area contributed by atoms with Gasteiger partial charge in [0.05, 0.1) is 31.0 Å². The number of benzene rings is 1. The van der Waals surface area contributed by atoms with Crippen LogP contribution in [0.1, 0.15) is 24.2 Å². The van der Waals surface area contributed by atoms with E-state index < -0.39 is 0 Å². The molecule has 0 fully saturated rings. The molecule has 0 saturated heterocycles. The Morgan fingerprint density at radius 2 is 2.10 bits per heavy atom. The van der Waals surface area contributed by atoms with Gasteiger partial charge in [-0.1, -0.05) is 11.6 Å². The van der Waals surface area contributed by atoms with Crippen molar-refractivity contribution in [2.45, 2.75) is 19.5 Å². The van der Waals surface area contributed by atoms with Gasteiger partial charge in [-0.05, 0) is 30.7 Å². The molecule has 2 aromatic rings. The molecule has 0 aliphatic carbocycles. The maximum atomic E-state index is 6.31. The molecule has 6 heteroatoms. The van der Waals surface area contributed by atoms with E-state index in [0.29, 0.717) is 16.5 Å². The highest BCUT2D eigenvalue weighted by Gasteiger charge is 2.18. The summed E-state index contributed by atoms with van der Waals surface area (Å²) in [6.07, 6.45) is 1.74. The zero-order valence-corrected chi connectivity index (χ0v) is 12.5. The highest BCUT2D eigenvalue weighted by molar-refractivity contribution is 6.32. The van der Waals surface area contributed by atoms with Gasteiger partial charge < -0.3 is 15.2 Å². The van der Waals surface area contributed by atoms with Gasteiger partial charge >= 0.3 is 0 Å². The molecule has 1 aromatic heterocycles. The number of halogens is 1. The third-order valence-corrected chi connectivity index (χ3v) is 3.46. The average Bonchev–Trinajstić information content (AvgIpc) is 2.93. The molecule has 20 heavy (non-hydrogen) atoms. The molecule has 108 valence electrons. The monoisotopic (exact) mass is 295 g/mol. The quantitative estimate of drug-likeness (QED) is 0.921. The number of aryl methyl sites for hydroxylation is 1. The summed E-state index contributed by atoms with van der Waals surface area (Å²) in [5.74, 6) is 1.07. The van der Waals surface area contributed by atoms with Crippen LogP contribution in [0.25, 0.3) is 0 Å². The SMILES string of the molecule is CCn1nccc1C(N)c1cc(Cl)c(OC)c(OC)c1. The van der Waals surface area contributed by atoms with Crippen molar-refractivity contribution in [3.05, 3.63) is 40.7 Å². The largest absolute Gasteiger partial charge is 0.493 e. The summed E-state index contributed by atoms with van der Waals surface area (Å²) in [6, 6.07) is 5.21. The van der Waals surface area contributed by atoms with Crippen molar-refractivity contribution in [1.82, 2.24) is 9.78 Å². The van der Waals surface area contributed by atoms with Crippen LogP contribution in [-0.2, 0) is 6.54 Å². The Kier molecular flexibility index (Phi) is 4.52. The molecule has 0 bridgehead atoms. The van der Waals surface area contributed by atoms with Crippen molar-refractivity contribution in [2.75, 3.05) is 14.2 Å². The Bertz CT molecular complexity index is 598. The van der Waals surface area contributed by atoms with E-state index in [-0.39, 0.29) is 6.04 Å². The molecule has 1 heterocycles. The summed E-state index contributed by atoms with van der Waals surface area (Å²) in [4.78, 5) is 0. The third-order valence-electron chi connectivity index (χ3n) is 3.18. The fourth-order valence-electron chi connectivity index (χ4n) is 2.16. The smallest absolute Gasteiger partial charge is 0.179 e. The number of ether oxygens (including phenoxy) is 2. The van der Waals surface area contributed by atoms with Crippen LogP contribution >= 0.6 is 11.6 Å². The van der Waals surface area contributed by atoms with Gasteiger partial charge in [-0.2, -0.15) is 5.10 Å². The highest BCUT2D eigenvalue weighted by Crippen LogP contribution is 2.38. The molecular weight excluding hydrogens is 278 g/mol. The zero-order chi connectivity index (χ0) is 14.7. The first kappa shape index (κ1) is 14.7. The van der Waals surface area contributed by atoms with Crippen molar-refractivity contribution in [1.29, 1.82) is 0 Å². The van der Waals surface area contributed by atoms with Crippen molar-refractivity contribution in [2.24, 2.45) is 5.73 Å². The van der Waals surface area contributed by atoms with E-state index in [0.717, 1.165) is 17.8 Å². The number of aromatic nitrogens is 2. The minimum absolute atomic E-state index is 0.324. The fourth-order valence-corrected chi connectivity index (χ4v) is 2.46. The summed E-state index contributed by atoms with van der Waals surface area (Å²) in [5.41, 5.74) is 8.08. The summed E-state index contributed by atoms with van der Waals surface area (Å²) in [6.45, 7) is 2.78. The summed E-state index contributed by atoms with van der Waals surface area (Å²) >= 11 is 6.21. The molecule has 0 radical (unpaired) electrons. The minimum Gasteiger partial charge on any atom is -0.493 e. The molecule has 0 spiro atoms. The van der Waals surface area contributed by atoms with Crippen molar-refractivity contribution in [3.63, 3.8) is 0 Å². The summed E-state index contributed by atoms with van der Waals surface area (Å²) < 4.78 is 12.4. The van der Waals surface area contributed by atoms with E-state index >= 15 is 0 Å². The van der Waals surface area contributed by atoms with Gasteiger partial charge in [-0.15, -0.1) is 0 Å². The Labute approximate surface area is 123 Å². The predicted molar refractivity (Wildman–Crippen MR) is 78.5 cm³/mol. The number of methoxy groups -OCH3 is 2. The second kappa shape index (κ2) is 6.15. The lowest BCUT2D eigenvalue weighted by Crippen LogP contribution is -2.17. The van der Waals surface area contributed by atoms with Crippen LogP contribution in [0, 0.1) is 0 Å². The molecular formula is C14H18ClN3O2. The normalized spacial score (nSPS) is 12.2. The molecule has 0 amide bonds. The predicted octanol–water partition coefficient (Wildman–Crippen LogP) is 2.62. The van der Waals surface area contributed by atoms with E-state index in [9.17, 15) is 0 Å². The Morgan fingerprint density at radius 3 is 2.70 bits per heavy atom. The van der Waals surface area contributed by atoms with Crippen molar-refractivity contribution in [3.8, 4) is 11.5 Å². The van der Waals surface area contributed by atoms with E-state index in [1.807, 2.05) is 23.7 Å². The maximum Gasteiger partial charge on any atom is 0.179 e. The van der Waals surface area contributed by atoms with Crippen LogP contribution in [-0.4, -0.2) is 24.0 Å². The fraction of sp³-hybridized carbons (Fsp3) is 0.357. The first-order valence-corrected chi connectivity index (χ1v) is 6.68. The number of hydrogen-bond donors (Lipinski definition) is 1. The van der Waals surface area contributed by atoms with Gasteiger partial charge in [0.1, 0.15) is 0 Å². The van der Waals surface area contributed by atoms with E-state index in [1.54, 1.807) is 26.5 Å². The molecule has 2 N–H and O–H groups in total. The lowest BCUT2D eigenvalue weighted by molar-refractivity contribution is 0.354. The standard InChI is InChI=1S/C14H18ClN3O2/c1-4-18-11(5-6-17-18)13(16)9-7-10(15)14(20-3)12(8-9)19-2/h5-8,13H,4,16H2,1-3H3. The van der Waals surface area contributed by atoms with Gasteiger partial charge in [0.25, 0.3) is 0 Å². The number of rotatable bonds is 5. The lowest BCUT2D eigenvalue weighted by Gasteiger charge is -2.17. The van der Waals surface area contributed by atoms with Crippen molar-refractivity contribution >= 4 is 11.6 Å². The molecule has 2 rings (SSSR count). The van der Waals surface area contributed by atoms with Gasteiger partial charge in [0, 0.05) is 12.7 Å². The highest BCUT2D eigenvalue weighted by atomic mass is 35.5. The van der Waals surface area contributed by atoms with Crippen LogP contribution in [0.4, 0.5) is 0 Å². The zero-order valence-electron chi connectivity index (χ0n) is 11.8. The Hall–Kier alpha value is -1.72. The first-order chi connectivity index (χ1) is 9.62. The molecule has 1 aromatic carbocycles. The van der Waals surface area contributed by atoms with Gasteiger partial charge in [-0.25, -0.2) is 0 Å². The van der Waals surface area contributed by atoms with Gasteiger partial charge in [0.2, 0.25) is 0 Å². The van der Waals surface area contributed by atoms with Crippen LogP contribution in [0.3, 0.4) is 0 Å². The molecule has 0 aliphatic rings. The second-order valence-corrected chi connectivity index (χ2v) is 4.69. The first-order valence-electron chi connectivity index (χ1n) is 6.31. The molecule has 1 unspecified atom stereocenters. The number of nitrogens with zero attached hydrogens (tertiary/aromatic N) is 2. The van der Waals surface area contributed by atoms with Gasteiger partial charge in [0.15, 0.2) is 11.5 Å². The average molecular weight is 296 g/mol. The summed E-state index contributed by atoms with van der Waals surface area (Å²) in [7, 11) is 3.12. The molecule has 5 nitrogen and oxygen atoms in total. The number of hydrogen-bond acceptors (Lipinski definition) is 4. The lowest BCUT2D eigenvalue weighted by atomic mass is 10.0. The van der Waals surface area contributed by atoms with Crippen LogP contribution < -0.4 is 15.2 Å². The maximum absolute atomic E-state index is 6.31. The Balaban J connectivity index is 2.45. The van der Waals surface area contributed by atoms with Crippen LogP contribution in [0.15, 0.2) is 24.4 Å². The topological polar surface area (TPSA) is 62.3 Å². The van der Waals surface area contributed by atoms with E-state index in [1.165, 1.54) is 0 Å². The van der Waals surface area contributed by atoms with Crippen LogP contribution in [0.2, 0.25) is 5.02 Å². The minimum atomic E-state index is -0.324. The van der Waals surface area contributed by atoms with Crippen LogP contribution in [0.5, 0.6) is 11.5 Å². The molecule has 0 aliphatic heterocycles.